The predicted molar refractivity (Wildman–Crippen MR) is 136 cm³/mol. The number of phenols is 1. The van der Waals surface area contributed by atoms with Gasteiger partial charge in [-0.3, -0.25) is 4.79 Å². The maximum absolute atomic E-state index is 12.1. The van der Waals surface area contributed by atoms with Crippen LogP contribution in [0.5, 0.6) is 11.5 Å². The first kappa shape index (κ1) is 23.1. The van der Waals surface area contributed by atoms with Gasteiger partial charge in [0.15, 0.2) is 0 Å². The summed E-state index contributed by atoms with van der Waals surface area (Å²) in [7, 11) is 0. The number of hydrogen-bond acceptors (Lipinski definition) is 4. The van der Waals surface area contributed by atoms with Gasteiger partial charge >= 0.3 is 0 Å². The number of nitrogens with zero attached hydrogens (tertiary/aromatic N) is 1. The van der Waals surface area contributed by atoms with Crippen molar-refractivity contribution < 1.29 is 14.6 Å². The Balaban J connectivity index is 1.67. The highest BCUT2D eigenvalue weighted by molar-refractivity contribution is 14.1. The minimum Gasteiger partial charge on any atom is -0.507 e. The summed E-state index contributed by atoms with van der Waals surface area (Å²) in [6.07, 6.45) is 1.53. The molecule has 0 radical (unpaired) electrons. The van der Waals surface area contributed by atoms with Crippen LogP contribution < -0.4 is 10.2 Å². The SMILES string of the molecule is O=C(NN=Cc1cc(I)c(OCc2ccc(Cl)cc2Cl)c(I)c1)c1ccccc1O. The monoisotopic (exact) mass is 666 g/mol. The maximum atomic E-state index is 12.1. The van der Waals surface area contributed by atoms with E-state index >= 15 is 0 Å². The molecule has 0 unspecified atom stereocenters. The Bertz CT molecular complexity index is 1100. The van der Waals surface area contributed by atoms with Gasteiger partial charge in [0.2, 0.25) is 0 Å². The first-order valence-electron chi connectivity index (χ1n) is 8.52. The van der Waals surface area contributed by atoms with E-state index in [-0.39, 0.29) is 11.3 Å². The molecule has 0 spiro atoms. The summed E-state index contributed by atoms with van der Waals surface area (Å²) in [6, 6.07) is 15.3. The molecular formula is C21H14Cl2I2N2O3. The van der Waals surface area contributed by atoms with Gasteiger partial charge in [-0.1, -0.05) is 41.4 Å². The lowest BCUT2D eigenvalue weighted by Crippen LogP contribution is -2.17. The Labute approximate surface area is 210 Å². The van der Waals surface area contributed by atoms with Gasteiger partial charge in [-0.15, -0.1) is 0 Å². The quantitative estimate of drug-likeness (QED) is 0.186. The van der Waals surface area contributed by atoms with Gasteiger partial charge in [-0.25, -0.2) is 5.43 Å². The van der Waals surface area contributed by atoms with E-state index < -0.39 is 5.91 Å². The Morgan fingerprint density at radius 1 is 1.10 bits per heavy atom. The third-order valence-electron chi connectivity index (χ3n) is 3.94. The summed E-state index contributed by atoms with van der Waals surface area (Å²) in [5.41, 5.74) is 4.19. The normalized spacial score (nSPS) is 10.9. The average Bonchev–Trinajstić information content (AvgIpc) is 2.69. The van der Waals surface area contributed by atoms with Gasteiger partial charge in [0.05, 0.1) is 18.9 Å². The minimum atomic E-state index is -0.492. The van der Waals surface area contributed by atoms with Crippen LogP contribution in [0.4, 0.5) is 0 Å². The number of carbonyl (C=O) groups is 1. The highest BCUT2D eigenvalue weighted by Crippen LogP contribution is 2.30. The van der Waals surface area contributed by atoms with E-state index in [1.165, 1.54) is 18.3 Å². The number of aromatic hydroxyl groups is 1. The second-order valence-corrected chi connectivity index (χ2v) is 9.22. The van der Waals surface area contributed by atoms with Crippen LogP contribution in [-0.4, -0.2) is 17.2 Å². The molecule has 9 heteroatoms. The second kappa shape index (κ2) is 10.7. The summed E-state index contributed by atoms with van der Waals surface area (Å²) >= 11 is 16.5. The molecule has 0 aliphatic heterocycles. The second-order valence-electron chi connectivity index (χ2n) is 6.05. The van der Waals surface area contributed by atoms with Crippen molar-refractivity contribution in [2.75, 3.05) is 0 Å². The Hall–Kier alpha value is -1.56. The summed E-state index contributed by atoms with van der Waals surface area (Å²) < 4.78 is 7.73. The highest BCUT2D eigenvalue weighted by atomic mass is 127. The lowest BCUT2D eigenvalue weighted by atomic mass is 10.2. The topological polar surface area (TPSA) is 70.9 Å². The van der Waals surface area contributed by atoms with Crippen LogP contribution in [0.2, 0.25) is 10.0 Å². The number of phenolic OH excluding ortho intramolecular Hbond substituents is 1. The average molecular weight is 667 g/mol. The lowest BCUT2D eigenvalue weighted by Gasteiger charge is -2.12. The van der Waals surface area contributed by atoms with Gasteiger partial charge in [-0.2, -0.15) is 5.10 Å². The van der Waals surface area contributed by atoms with Gasteiger partial charge in [-0.05, 0) is 87.1 Å². The summed E-state index contributed by atoms with van der Waals surface area (Å²) in [5.74, 6) is 0.141. The fourth-order valence-electron chi connectivity index (χ4n) is 2.47. The molecule has 0 aliphatic rings. The van der Waals surface area contributed by atoms with Crippen molar-refractivity contribution in [3.05, 3.63) is 88.5 Å². The van der Waals surface area contributed by atoms with Crippen molar-refractivity contribution in [3.63, 3.8) is 0 Å². The number of hydrogen-bond donors (Lipinski definition) is 2. The predicted octanol–water partition coefficient (Wildman–Crippen LogP) is 6.25. The first-order valence-corrected chi connectivity index (χ1v) is 11.4. The molecule has 30 heavy (non-hydrogen) atoms. The third kappa shape index (κ3) is 5.99. The molecule has 0 fully saturated rings. The molecular weight excluding hydrogens is 653 g/mol. The number of halogens is 4. The smallest absolute Gasteiger partial charge is 0.275 e. The molecule has 154 valence electrons. The fraction of sp³-hybridized carbons (Fsp3) is 0.0476. The van der Waals surface area contributed by atoms with E-state index in [2.05, 4.69) is 55.7 Å². The van der Waals surface area contributed by atoms with Crippen molar-refractivity contribution in [2.24, 2.45) is 5.10 Å². The minimum absolute atomic E-state index is 0.100. The van der Waals surface area contributed by atoms with Crippen LogP contribution in [0.3, 0.4) is 0 Å². The van der Waals surface area contributed by atoms with Gasteiger partial charge in [0.25, 0.3) is 5.91 Å². The number of amides is 1. The molecule has 0 bridgehead atoms. The number of hydrazone groups is 1. The van der Waals surface area contributed by atoms with E-state index in [4.69, 9.17) is 27.9 Å². The Morgan fingerprint density at radius 3 is 2.47 bits per heavy atom. The number of ether oxygens (including phenoxy) is 1. The molecule has 0 aliphatic carbocycles. The molecule has 0 atom stereocenters. The molecule has 3 rings (SSSR count). The summed E-state index contributed by atoms with van der Waals surface area (Å²) in [4.78, 5) is 12.1. The molecule has 0 saturated heterocycles. The summed E-state index contributed by atoms with van der Waals surface area (Å²) in [5, 5.41) is 14.8. The number of benzene rings is 3. The largest absolute Gasteiger partial charge is 0.507 e. The molecule has 0 saturated carbocycles. The van der Waals surface area contributed by atoms with E-state index in [0.29, 0.717) is 16.7 Å². The van der Waals surface area contributed by atoms with Crippen LogP contribution in [0.25, 0.3) is 0 Å². The fourth-order valence-corrected chi connectivity index (χ4v) is 5.06. The zero-order valence-electron chi connectivity index (χ0n) is 15.2. The molecule has 1 amide bonds. The van der Waals surface area contributed by atoms with Crippen LogP contribution in [0, 0.1) is 7.14 Å². The van der Waals surface area contributed by atoms with Crippen LogP contribution in [0.1, 0.15) is 21.5 Å². The van der Waals surface area contributed by atoms with Crippen molar-refractivity contribution in [2.45, 2.75) is 6.61 Å². The number of carbonyl (C=O) groups excluding carboxylic acids is 1. The zero-order valence-corrected chi connectivity index (χ0v) is 21.0. The van der Waals surface area contributed by atoms with E-state index in [0.717, 1.165) is 24.0 Å². The molecule has 2 N–H and O–H groups in total. The van der Waals surface area contributed by atoms with Crippen LogP contribution in [0.15, 0.2) is 59.7 Å². The molecule has 3 aromatic rings. The highest BCUT2D eigenvalue weighted by Gasteiger charge is 2.11. The number of nitrogens with one attached hydrogen (secondary N) is 1. The van der Waals surface area contributed by atoms with Gasteiger partial charge < -0.3 is 9.84 Å². The van der Waals surface area contributed by atoms with Crippen molar-refractivity contribution in [1.82, 2.24) is 5.43 Å². The van der Waals surface area contributed by atoms with Gasteiger partial charge in [0.1, 0.15) is 18.1 Å². The van der Waals surface area contributed by atoms with Gasteiger partial charge in [0, 0.05) is 15.6 Å². The first-order chi connectivity index (χ1) is 14.3. The standard InChI is InChI=1S/C21H14Cl2I2N2O3/c22-14-6-5-13(16(23)9-14)11-30-20-17(24)7-12(8-18(20)25)10-26-27-21(29)15-3-1-2-4-19(15)28/h1-10,28H,11H2,(H,27,29). The summed E-state index contributed by atoms with van der Waals surface area (Å²) in [6.45, 7) is 0.312. The molecule has 0 heterocycles. The van der Waals surface area contributed by atoms with E-state index in [9.17, 15) is 9.90 Å². The zero-order chi connectivity index (χ0) is 21.7. The molecule has 3 aromatic carbocycles. The van der Waals surface area contributed by atoms with E-state index in [1.807, 2.05) is 18.2 Å². The third-order valence-corrected chi connectivity index (χ3v) is 6.13. The number of rotatable bonds is 6. The number of para-hydroxylation sites is 1. The Kier molecular flexibility index (Phi) is 8.20. The van der Waals surface area contributed by atoms with Crippen molar-refractivity contribution >= 4 is 80.5 Å². The maximum Gasteiger partial charge on any atom is 0.275 e. The Morgan fingerprint density at radius 2 is 1.80 bits per heavy atom. The van der Waals surface area contributed by atoms with Crippen LogP contribution in [-0.2, 0) is 6.61 Å². The van der Waals surface area contributed by atoms with Crippen molar-refractivity contribution in [1.29, 1.82) is 0 Å². The van der Waals surface area contributed by atoms with E-state index in [1.54, 1.807) is 24.3 Å². The molecule has 5 nitrogen and oxygen atoms in total. The lowest BCUT2D eigenvalue weighted by molar-refractivity contribution is 0.0952. The van der Waals surface area contributed by atoms with Crippen LogP contribution >= 0.6 is 68.4 Å². The van der Waals surface area contributed by atoms with Crippen molar-refractivity contribution in [3.8, 4) is 11.5 Å². The molecule has 0 aromatic heterocycles.